The minimum atomic E-state index is 0.0985. The van der Waals surface area contributed by atoms with Gasteiger partial charge in [-0.3, -0.25) is 16.3 Å². The van der Waals surface area contributed by atoms with Gasteiger partial charge >= 0.3 is 0 Å². The van der Waals surface area contributed by atoms with Crippen LogP contribution in [-0.2, 0) is 6.42 Å². The summed E-state index contributed by atoms with van der Waals surface area (Å²) < 4.78 is 5.13. The average Bonchev–Trinajstić information content (AvgIpc) is 2.89. The van der Waals surface area contributed by atoms with E-state index in [4.69, 9.17) is 10.6 Å². The summed E-state index contributed by atoms with van der Waals surface area (Å²) in [7, 11) is 1.66. The van der Waals surface area contributed by atoms with Gasteiger partial charge in [-0.25, -0.2) is 0 Å². The highest BCUT2D eigenvalue weighted by Gasteiger charge is 2.11. The molecule has 0 aliphatic heterocycles. The highest BCUT2D eigenvalue weighted by molar-refractivity contribution is 7.09. The third-order valence-electron chi connectivity index (χ3n) is 2.61. The molecule has 17 heavy (non-hydrogen) atoms. The van der Waals surface area contributed by atoms with Crippen molar-refractivity contribution in [3.8, 4) is 5.75 Å². The second-order valence-corrected chi connectivity index (χ2v) is 4.64. The predicted octanol–water partition coefficient (Wildman–Crippen LogP) is 1.90. The van der Waals surface area contributed by atoms with Crippen molar-refractivity contribution >= 4 is 11.3 Å². The SMILES string of the molecule is COc1ccc(C(Cc2cncs2)NN)cc1. The molecule has 5 heteroatoms. The van der Waals surface area contributed by atoms with Gasteiger partial charge in [-0.1, -0.05) is 12.1 Å². The lowest BCUT2D eigenvalue weighted by atomic mass is 10.0. The zero-order valence-corrected chi connectivity index (χ0v) is 10.4. The van der Waals surface area contributed by atoms with Crippen LogP contribution in [0.5, 0.6) is 5.75 Å². The zero-order valence-electron chi connectivity index (χ0n) is 9.59. The Hall–Kier alpha value is -1.43. The molecule has 1 atom stereocenters. The summed E-state index contributed by atoms with van der Waals surface area (Å²) in [4.78, 5) is 5.27. The van der Waals surface area contributed by atoms with E-state index < -0.39 is 0 Å². The van der Waals surface area contributed by atoms with Crippen LogP contribution in [-0.4, -0.2) is 12.1 Å². The number of hydrazine groups is 1. The molecular weight excluding hydrogens is 234 g/mol. The second kappa shape index (κ2) is 5.77. The van der Waals surface area contributed by atoms with Gasteiger partial charge in [0, 0.05) is 17.5 Å². The van der Waals surface area contributed by atoms with Gasteiger partial charge in [-0.15, -0.1) is 11.3 Å². The molecule has 0 radical (unpaired) electrons. The molecule has 4 nitrogen and oxygen atoms in total. The van der Waals surface area contributed by atoms with Crippen LogP contribution in [0.1, 0.15) is 16.5 Å². The molecule has 1 aromatic carbocycles. The minimum absolute atomic E-state index is 0.0985. The van der Waals surface area contributed by atoms with Crippen LogP contribution in [0.15, 0.2) is 36.0 Å². The number of ether oxygens (including phenoxy) is 1. The van der Waals surface area contributed by atoms with Crippen molar-refractivity contribution in [2.24, 2.45) is 5.84 Å². The van der Waals surface area contributed by atoms with Crippen LogP contribution < -0.4 is 16.0 Å². The Morgan fingerprint density at radius 1 is 1.41 bits per heavy atom. The van der Waals surface area contributed by atoms with E-state index in [2.05, 4.69) is 10.4 Å². The fourth-order valence-electron chi connectivity index (χ4n) is 1.65. The van der Waals surface area contributed by atoms with Crippen LogP contribution in [0.2, 0.25) is 0 Å². The lowest BCUT2D eigenvalue weighted by Crippen LogP contribution is -2.29. The lowest BCUT2D eigenvalue weighted by Gasteiger charge is -2.15. The first-order valence-electron chi connectivity index (χ1n) is 5.31. The van der Waals surface area contributed by atoms with Crippen molar-refractivity contribution in [1.82, 2.24) is 10.4 Å². The first kappa shape index (κ1) is 12.0. The Balaban J connectivity index is 2.11. The maximum atomic E-state index is 5.59. The Bertz CT molecular complexity index is 441. The van der Waals surface area contributed by atoms with Crippen molar-refractivity contribution in [1.29, 1.82) is 0 Å². The molecule has 0 fully saturated rings. The van der Waals surface area contributed by atoms with Gasteiger partial charge in [0.15, 0.2) is 0 Å². The van der Waals surface area contributed by atoms with Gasteiger partial charge in [0.1, 0.15) is 5.75 Å². The fraction of sp³-hybridized carbons (Fsp3) is 0.250. The monoisotopic (exact) mass is 249 g/mol. The van der Waals surface area contributed by atoms with Gasteiger partial charge in [-0.2, -0.15) is 0 Å². The Labute approximate surface area is 104 Å². The topological polar surface area (TPSA) is 60.2 Å². The van der Waals surface area contributed by atoms with Gasteiger partial charge in [-0.05, 0) is 17.7 Å². The normalized spacial score (nSPS) is 12.4. The highest BCUT2D eigenvalue weighted by atomic mass is 32.1. The van der Waals surface area contributed by atoms with Gasteiger partial charge < -0.3 is 4.74 Å². The summed E-state index contributed by atoms with van der Waals surface area (Å²) in [6.45, 7) is 0. The maximum absolute atomic E-state index is 5.59. The lowest BCUT2D eigenvalue weighted by molar-refractivity contribution is 0.414. The number of hydrogen-bond donors (Lipinski definition) is 2. The molecule has 0 bridgehead atoms. The third kappa shape index (κ3) is 3.03. The summed E-state index contributed by atoms with van der Waals surface area (Å²) in [6.07, 6.45) is 2.71. The highest BCUT2D eigenvalue weighted by Crippen LogP contribution is 2.21. The van der Waals surface area contributed by atoms with Crippen molar-refractivity contribution in [3.63, 3.8) is 0 Å². The predicted molar refractivity (Wildman–Crippen MR) is 68.9 cm³/mol. The molecule has 2 rings (SSSR count). The van der Waals surface area contributed by atoms with Crippen molar-refractivity contribution < 1.29 is 4.74 Å². The van der Waals surface area contributed by atoms with E-state index in [9.17, 15) is 0 Å². The van der Waals surface area contributed by atoms with E-state index >= 15 is 0 Å². The molecule has 1 unspecified atom stereocenters. The molecule has 2 aromatic rings. The first-order valence-corrected chi connectivity index (χ1v) is 6.19. The van der Waals surface area contributed by atoms with Crippen LogP contribution >= 0.6 is 11.3 Å². The number of hydrogen-bond acceptors (Lipinski definition) is 5. The molecule has 1 heterocycles. The largest absolute Gasteiger partial charge is 0.497 e. The number of nitrogens with zero attached hydrogens (tertiary/aromatic N) is 1. The first-order chi connectivity index (χ1) is 8.33. The summed E-state index contributed by atoms with van der Waals surface area (Å²) in [5, 5.41) is 0. The third-order valence-corrected chi connectivity index (χ3v) is 3.41. The van der Waals surface area contributed by atoms with E-state index in [0.717, 1.165) is 17.7 Å². The van der Waals surface area contributed by atoms with E-state index in [0.29, 0.717) is 0 Å². The maximum Gasteiger partial charge on any atom is 0.118 e. The Kier molecular flexibility index (Phi) is 4.08. The quantitative estimate of drug-likeness (QED) is 0.627. The second-order valence-electron chi connectivity index (χ2n) is 3.66. The van der Waals surface area contributed by atoms with Gasteiger partial charge in [0.2, 0.25) is 0 Å². The minimum Gasteiger partial charge on any atom is -0.497 e. The molecule has 0 saturated carbocycles. The zero-order chi connectivity index (χ0) is 12.1. The molecule has 1 aromatic heterocycles. The number of aromatic nitrogens is 1. The standard InChI is InChI=1S/C12H15N3OS/c1-16-10-4-2-9(3-5-10)12(15-13)6-11-7-14-8-17-11/h2-5,7-8,12,15H,6,13H2,1H3. The van der Waals surface area contributed by atoms with Crippen molar-refractivity contribution in [2.45, 2.75) is 12.5 Å². The summed E-state index contributed by atoms with van der Waals surface area (Å²) in [5.74, 6) is 6.44. The average molecular weight is 249 g/mol. The number of benzene rings is 1. The van der Waals surface area contributed by atoms with Gasteiger partial charge in [0.25, 0.3) is 0 Å². The van der Waals surface area contributed by atoms with Crippen LogP contribution in [0.3, 0.4) is 0 Å². The molecule has 0 spiro atoms. The number of thiazole rings is 1. The summed E-state index contributed by atoms with van der Waals surface area (Å²) in [6, 6.07) is 8.01. The molecule has 3 N–H and O–H groups in total. The van der Waals surface area contributed by atoms with Gasteiger partial charge in [0.05, 0.1) is 18.7 Å². The number of nitrogens with one attached hydrogen (secondary N) is 1. The van der Waals surface area contributed by atoms with Crippen molar-refractivity contribution in [3.05, 3.63) is 46.4 Å². The van der Waals surface area contributed by atoms with E-state index in [1.807, 2.05) is 36.0 Å². The Morgan fingerprint density at radius 3 is 2.71 bits per heavy atom. The number of rotatable bonds is 5. The molecule has 0 amide bonds. The molecule has 0 aliphatic rings. The summed E-state index contributed by atoms with van der Waals surface area (Å²) in [5.41, 5.74) is 5.80. The summed E-state index contributed by atoms with van der Waals surface area (Å²) >= 11 is 1.64. The molecule has 90 valence electrons. The number of nitrogens with two attached hydrogens (primary N) is 1. The van der Waals surface area contributed by atoms with E-state index in [1.165, 1.54) is 4.88 Å². The van der Waals surface area contributed by atoms with E-state index in [1.54, 1.807) is 18.4 Å². The van der Waals surface area contributed by atoms with Crippen LogP contribution in [0, 0.1) is 0 Å². The van der Waals surface area contributed by atoms with E-state index in [-0.39, 0.29) is 6.04 Å². The number of methoxy groups -OCH3 is 1. The van der Waals surface area contributed by atoms with Crippen LogP contribution in [0.4, 0.5) is 0 Å². The fourth-order valence-corrected chi connectivity index (χ4v) is 2.30. The molecule has 0 saturated heterocycles. The van der Waals surface area contributed by atoms with Crippen LogP contribution in [0.25, 0.3) is 0 Å². The smallest absolute Gasteiger partial charge is 0.118 e. The molecular formula is C12H15N3OS. The molecule has 0 aliphatic carbocycles. The van der Waals surface area contributed by atoms with Crippen molar-refractivity contribution in [2.75, 3.05) is 7.11 Å². The Morgan fingerprint density at radius 2 is 2.18 bits per heavy atom.